The van der Waals surface area contributed by atoms with E-state index in [0.29, 0.717) is 12.6 Å². The summed E-state index contributed by atoms with van der Waals surface area (Å²) in [6.45, 7) is 12.8. The van der Waals surface area contributed by atoms with E-state index in [-0.39, 0.29) is 35.8 Å². The zero-order valence-electron chi connectivity index (χ0n) is 16.7. The van der Waals surface area contributed by atoms with Crippen molar-refractivity contribution >= 4 is 35.8 Å². The van der Waals surface area contributed by atoms with Gasteiger partial charge in [-0.3, -0.25) is 4.79 Å². The third-order valence-electron chi connectivity index (χ3n) is 4.39. The predicted octanol–water partition coefficient (Wildman–Crippen LogP) is 3.20. The molecule has 0 unspecified atom stereocenters. The second-order valence-electron chi connectivity index (χ2n) is 7.28. The molecule has 1 saturated heterocycles. The summed E-state index contributed by atoms with van der Waals surface area (Å²) in [4.78, 5) is 18.7. The van der Waals surface area contributed by atoms with Gasteiger partial charge in [0, 0.05) is 38.0 Å². The zero-order valence-corrected chi connectivity index (χ0v) is 19.0. The van der Waals surface area contributed by atoms with Gasteiger partial charge in [0.25, 0.3) is 0 Å². The first kappa shape index (κ1) is 23.5. The summed E-state index contributed by atoms with van der Waals surface area (Å²) in [5.74, 6) is 2.07. The molecule has 6 nitrogen and oxygen atoms in total. The van der Waals surface area contributed by atoms with Crippen LogP contribution in [-0.2, 0) is 11.2 Å². The zero-order chi connectivity index (χ0) is 18.9. The summed E-state index contributed by atoms with van der Waals surface area (Å²) in [6, 6.07) is 4.20. The van der Waals surface area contributed by atoms with Gasteiger partial charge in [0.2, 0.25) is 5.91 Å². The Morgan fingerprint density at radius 1 is 1.41 bits per heavy atom. The lowest BCUT2D eigenvalue weighted by Gasteiger charge is -2.34. The highest BCUT2D eigenvalue weighted by atomic mass is 127. The van der Waals surface area contributed by atoms with E-state index in [1.807, 2.05) is 37.8 Å². The van der Waals surface area contributed by atoms with E-state index < -0.39 is 0 Å². The van der Waals surface area contributed by atoms with Crippen LogP contribution in [0.1, 0.15) is 39.4 Å². The maximum absolute atomic E-state index is 12.1. The molecule has 1 aromatic rings. The predicted molar refractivity (Wildman–Crippen MR) is 121 cm³/mol. The van der Waals surface area contributed by atoms with Gasteiger partial charge in [-0.25, -0.2) is 4.99 Å². The fourth-order valence-electron chi connectivity index (χ4n) is 2.93. The SMILES string of the molecule is C=C(C)CN=C(NCCc1ccco1)NC1CCN(C(=O)C(C)C)CC1.I. The third kappa shape index (κ3) is 8.36. The van der Waals surface area contributed by atoms with Crippen LogP contribution in [0.4, 0.5) is 0 Å². The highest BCUT2D eigenvalue weighted by Crippen LogP contribution is 2.13. The van der Waals surface area contributed by atoms with Crippen LogP contribution in [0.2, 0.25) is 0 Å². The average Bonchev–Trinajstić information content (AvgIpc) is 3.12. The summed E-state index contributed by atoms with van der Waals surface area (Å²) in [5.41, 5.74) is 1.02. The number of carbonyl (C=O) groups excluding carboxylic acids is 1. The number of carbonyl (C=O) groups is 1. The lowest BCUT2D eigenvalue weighted by Crippen LogP contribution is -2.50. The summed E-state index contributed by atoms with van der Waals surface area (Å²) in [6.07, 6.45) is 4.37. The summed E-state index contributed by atoms with van der Waals surface area (Å²) in [7, 11) is 0. The Labute approximate surface area is 179 Å². The van der Waals surface area contributed by atoms with Gasteiger partial charge >= 0.3 is 0 Å². The van der Waals surface area contributed by atoms with Crippen LogP contribution in [0.3, 0.4) is 0 Å². The van der Waals surface area contributed by atoms with Crippen molar-refractivity contribution in [3.63, 3.8) is 0 Å². The molecule has 1 aliphatic heterocycles. The van der Waals surface area contributed by atoms with Crippen molar-refractivity contribution in [3.05, 3.63) is 36.3 Å². The average molecular weight is 488 g/mol. The summed E-state index contributed by atoms with van der Waals surface area (Å²) in [5, 5.41) is 6.88. The van der Waals surface area contributed by atoms with E-state index >= 15 is 0 Å². The lowest BCUT2D eigenvalue weighted by molar-refractivity contribution is -0.135. The van der Waals surface area contributed by atoms with Crippen molar-refractivity contribution < 1.29 is 9.21 Å². The van der Waals surface area contributed by atoms with Crippen molar-refractivity contribution in [2.24, 2.45) is 10.9 Å². The van der Waals surface area contributed by atoms with Crippen LogP contribution in [0, 0.1) is 5.92 Å². The van der Waals surface area contributed by atoms with Gasteiger partial charge in [-0.1, -0.05) is 26.0 Å². The van der Waals surface area contributed by atoms with Crippen molar-refractivity contribution in [3.8, 4) is 0 Å². The van der Waals surface area contributed by atoms with Crippen LogP contribution in [0.15, 0.2) is 40.0 Å². The minimum atomic E-state index is 0. The molecule has 7 heteroatoms. The molecule has 1 fully saturated rings. The van der Waals surface area contributed by atoms with E-state index in [1.165, 1.54) is 0 Å². The van der Waals surface area contributed by atoms with Crippen molar-refractivity contribution in [1.82, 2.24) is 15.5 Å². The molecule has 0 atom stereocenters. The van der Waals surface area contributed by atoms with Gasteiger partial charge in [0.1, 0.15) is 5.76 Å². The number of rotatable bonds is 7. The molecule has 1 amide bonds. The van der Waals surface area contributed by atoms with Gasteiger partial charge in [-0.15, -0.1) is 24.0 Å². The van der Waals surface area contributed by atoms with Gasteiger partial charge in [-0.05, 0) is 31.9 Å². The van der Waals surface area contributed by atoms with Gasteiger partial charge in [0.15, 0.2) is 5.96 Å². The standard InChI is InChI=1S/C20H32N4O2.HI/c1-15(2)14-22-20(21-10-7-18-6-5-13-26-18)23-17-8-11-24(12-9-17)19(25)16(3)4;/h5-6,13,16-17H,1,7-12,14H2,2-4H3,(H2,21,22,23);1H. The van der Waals surface area contributed by atoms with Gasteiger partial charge in [0.05, 0.1) is 12.8 Å². The quantitative estimate of drug-likeness (QED) is 0.268. The molecule has 0 saturated carbocycles. The molecule has 0 spiro atoms. The minimum Gasteiger partial charge on any atom is -0.469 e. The Bertz CT molecular complexity index is 606. The highest BCUT2D eigenvalue weighted by molar-refractivity contribution is 14.0. The molecule has 1 aromatic heterocycles. The van der Waals surface area contributed by atoms with E-state index in [4.69, 9.17) is 4.42 Å². The normalized spacial score (nSPS) is 15.4. The van der Waals surface area contributed by atoms with E-state index in [9.17, 15) is 4.79 Å². The number of likely N-dealkylation sites (tertiary alicyclic amines) is 1. The number of aliphatic imine (C=N–C) groups is 1. The number of furan rings is 1. The molecular formula is C20H33IN4O2. The van der Waals surface area contributed by atoms with Crippen molar-refractivity contribution in [2.75, 3.05) is 26.2 Å². The van der Waals surface area contributed by atoms with E-state index in [1.54, 1.807) is 6.26 Å². The summed E-state index contributed by atoms with van der Waals surface area (Å²) < 4.78 is 5.37. The number of halogens is 1. The molecule has 2 N–H and O–H groups in total. The van der Waals surface area contributed by atoms with Crippen LogP contribution < -0.4 is 10.6 Å². The fourth-order valence-corrected chi connectivity index (χ4v) is 2.93. The number of nitrogens with zero attached hydrogens (tertiary/aromatic N) is 2. The van der Waals surface area contributed by atoms with Crippen LogP contribution in [0.25, 0.3) is 0 Å². The summed E-state index contributed by atoms with van der Waals surface area (Å²) >= 11 is 0. The lowest BCUT2D eigenvalue weighted by atomic mass is 10.0. The first-order valence-corrected chi connectivity index (χ1v) is 9.46. The fraction of sp³-hybridized carbons (Fsp3) is 0.600. The van der Waals surface area contributed by atoms with Crippen LogP contribution in [0.5, 0.6) is 0 Å². The van der Waals surface area contributed by atoms with Crippen LogP contribution in [-0.4, -0.2) is 49.0 Å². The van der Waals surface area contributed by atoms with E-state index in [2.05, 4.69) is 22.2 Å². The molecule has 0 aromatic carbocycles. The first-order chi connectivity index (χ1) is 12.5. The van der Waals surface area contributed by atoms with E-state index in [0.717, 1.165) is 56.2 Å². The molecular weight excluding hydrogens is 455 g/mol. The highest BCUT2D eigenvalue weighted by Gasteiger charge is 2.24. The second kappa shape index (κ2) is 12.0. The first-order valence-electron chi connectivity index (χ1n) is 9.46. The Hall–Kier alpha value is -1.51. The Morgan fingerprint density at radius 3 is 2.67 bits per heavy atom. The minimum absolute atomic E-state index is 0. The smallest absolute Gasteiger partial charge is 0.225 e. The van der Waals surface area contributed by atoms with Gasteiger partial charge in [-0.2, -0.15) is 0 Å². The Morgan fingerprint density at radius 2 is 2.11 bits per heavy atom. The number of hydrogen-bond acceptors (Lipinski definition) is 3. The van der Waals surface area contributed by atoms with Gasteiger partial charge < -0.3 is 20.0 Å². The molecule has 2 heterocycles. The number of nitrogens with one attached hydrogen (secondary N) is 2. The Balaban J connectivity index is 0.00000364. The monoisotopic (exact) mass is 488 g/mol. The van der Waals surface area contributed by atoms with Crippen LogP contribution >= 0.6 is 24.0 Å². The maximum Gasteiger partial charge on any atom is 0.225 e. The molecule has 0 bridgehead atoms. The number of hydrogen-bond donors (Lipinski definition) is 2. The van der Waals surface area contributed by atoms with Crippen molar-refractivity contribution in [2.45, 2.75) is 46.1 Å². The third-order valence-corrected chi connectivity index (χ3v) is 4.39. The largest absolute Gasteiger partial charge is 0.469 e. The Kier molecular flexibility index (Phi) is 10.5. The maximum atomic E-state index is 12.1. The van der Waals surface area contributed by atoms with Crippen molar-refractivity contribution in [1.29, 1.82) is 0 Å². The molecule has 0 aliphatic carbocycles. The molecule has 152 valence electrons. The number of piperidine rings is 1. The molecule has 27 heavy (non-hydrogen) atoms. The number of amides is 1. The molecule has 0 radical (unpaired) electrons. The molecule has 2 rings (SSSR count). The number of guanidine groups is 1. The topological polar surface area (TPSA) is 69.9 Å². The second-order valence-corrected chi connectivity index (χ2v) is 7.28. The molecule has 1 aliphatic rings.